The molecule has 1 N–H and O–H groups in total. The van der Waals surface area contributed by atoms with Crippen molar-refractivity contribution >= 4 is 23.9 Å². The molecular formula is C15H24N2O6. The maximum absolute atomic E-state index is 12.3. The minimum Gasteiger partial charge on any atom is -0.444 e. The predicted molar refractivity (Wildman–Crippen MR) is 79.8 cm³/mol. The van der Waals surface area contributed by atoms with Crippen LogP contribution in [0.3, 0.4) is 0 Å². The van der Waals surface area contributed by atoms with Crippen molar-refractivity contribution < 1.29 is 28.8 Å². The highest BCUT2D eigenvalue weighted by Crippen LogP contribution is 2.16. The Bertz CT molecular complexity index is 481. The highest BCUT2D eigenvalue weighted by atomic mass is 16.7. The smallest absolute Gasteiger partial charge is 0.408 e. The first-order valence-electron chi connectivity index (χ1n) is 7.62. The van der Waals surface area contributed by atoms with E-state index in [0.29, 0.717) is 11.5 Å². The predicted octanol–water partition coefficient (Wildman–Crippen LogP) is 1.53. The van der Waals surface area contributed by atoms with Gasteiger partial charge in [-0.1, -0.05) is 20.3 Å². The molecule has 0 aliphatic carbocycles. The lowest BCUT2D eigenvalue weighted by Gasteiger charge is -2.26. The van der Waals surface area contributed by atoms with Gasteiger partial charge in [0.15, 0.2) is 0 Å². The van der Waals surface area contributed by atoms with Crippen LogP contribution in [-0.4, -0.2) is 40.6 Å². The summed E-state index contributed by atoms with van der Waals surface area (Å²) in [5.41, 5.74) is -0.713. The van der Waals surface area contributed by atoms with E-state index in [0.717, 1.165) is 0 Å². The average molecular weight is 328 g/mol. The van der Waals surface area contributed by atoms with Crippen LogP contribution in [-0.2, 0) is 24.0 Å². The molecule has 0 radical (unpaired) electrons. The topological polar surface area (TPSA) is 102 Å². The van der Waals surface area contributed by atoms with Gasteiger partial charge in [0.25, 0.3) is 11.8 Å². The van der Waals surface area contributed by atoms with Crippen LogP contribution >= 0.6 is 0 Å². The third-order valence-electron chi connectivity index (χ3n) is 3.33. The highest BCUT2D eigenvalue weighted by Gasteiger charge is 2.37. The second-order valence-electron chi connectivity index (χ2n) is 6.50. The van der Waals surface area contributed by atoms with Crippen LogP contribution < -0.4 is 5.32 Å². The van der Waals surface area contributed by atoms with Gasteiger partial charge in [-0.05, 0) is 26.7 Å². The van der Waals surface area contributed by atoms with Crippen LogP contribution in [0.4, 0.5) is 4.79 Å². The summed E-state index contributed by atoms with van der Waals surface area (Å²) in [7, 11) is 0. The molecule has 0 aromatic carbocycles. The standard InChI is InChI=1S/C15H24N2O6/c1-6-9(2)12(16-14(21)22-15(3,4)5)13(20)23-17-10(18)7-8-11(17)19/h9,12H,6-8H2,1-5H3,(H,16,21)/t9-,12-/m1/s1. The Kier molecular flexibility index (Phi) is 6.12. The van der Waals surface area contributed by atoms with Crippen molar-refractivity contribution in [3.05, 3.63) is 0 Å². The Balaban J connectivity index is 2.77. The van der Waals surface area contributed by atoms with Crippen molar-refractivity contribution in [2.75, 3.05) is 0 Å². The summed E-state index contributed by atoms with van der Waals surface area (Å²) in [6.45, 7) is 8.69. The van der Waals surface area contributed by atoms with Gasteiger partial charge in [0.2, 0.25) is 0 Å². The molecule has 0 bridgehead atoms. The fraction of sp³-hybridized carbons (Fsp3) is 0.733. The molecule has 1 heterocycles. The van der Waals surface area contributed by atoms with E-state index in [4.69, 9.17) is 9.57 Å². The zero-order valence-electron chi connectivity index (χ0n) is 14.2. The average Bonchev–Trinajstić information content (AvgIpc) is 2.73. The van der Waals surface area contributed by atoms with Gasteiger partial charge in [0, 0.05) is 12.8 Å². The Morgan fingerprint density at radius 3 is 2.17 bits per heavy atom. The van der Waals surface area contributed by atoms with Gasteiger partial charge >= 0.3 is 12.1 Å². The van der Waals surface area contributed by atoms with Crippen LogP contribution in [0.25, 0.3) is 0 Å². The molecule has 1 aliphatic rings. The number of nitrogens with one attached hydrogen (secondary N) is 1. The molecular weight excluding hydrogens is 304 g/mol. The number of hydroxylamine groups is 2. The third-order valence-corrected chi connectivity index (χ3v) is 3.33. The van der Waals surface area contributed by atoms with E-state index in [1.54, 1.807) is 27.7 Å². The second-order valence-corrected chi connectivity index (χ2v) is 6.50. The molecule has 130 valence electrons. The Morgan fingerprint density at radius 2 is 1.74 bits per heavy atom. The van der Waals surface area contributed by atoms with Gasteiger partial charge in [-0.2, -0.15) is 0 Å². The van der Waals surface area contributed by atoms with E-state index in [1.165, 1.54) is 0 Å². The molecule has 8 nitrogen and oxygen atoms in total. The van der Waals surface area contributed by atoms with Crippen LogP contribution in [0, 0.1) is 5.92 Å². The molecule has 1 fully saturated rings. The number of ether oxygens (including phenoxy) is 1. The third kappa shape index (κ3) is 5.54. The molecule has 1 aliphatic heterocycles. The van der Waals surface area contributed by atoms with Gasteiger partial charge in [-0.15, -0.1) is 5.06 Å². The number of nitrogens with zero attached hydrogens (tertiary/aromatic N) is 1. The normalized spacial score (nSPS) is 17.7. The van der Waals surface area contributed by atoms with Crippen molar-refractivity contribution in [3.63, 3.8) is 0 Å². The van der Waals surface area contributed by atoms with E-state index in [2.05, 4.69) is 5.32 Å². The molecule has 1 saturated heterocycles. The molecule has 0 unspecified atom stereocenters. The molecule has 8 heteroatoms. The van der Waals surface area contributed by atoms with Crippen molar-refractivity contribution in [2.24, 2.45) is 5.92 Å². The Labute approximate surface area is 135 Å². The number of hydrogen-bond acceptors (Lipinski definition) is 6. The van der Waals surface area contributed by atoms with E-state index in [9.17, 15) is 19.2 Å². The summed E-state index contributed by atoms with van der Waals surface area (Å²) in [6.07, 6.45) is -0.157. The summed E-state index contributed by atoms with van der Waals surface area (Å²) in [5.74, 6) is -2.26. The maximum atomic E-state index is 12.3. The Hall–Kier alpha value is -2.12. The van der Waals surface area contributed by atoms with Crippen molar-refractivity contribution in [2.45, 2.75) is 65.5 Å². The lowest BCUT2D eigenvalue weighted by Crippen LogP contribution is -2.49. The molecule has 0 saturated carbocycles. The summed E-state index contributed by atoms with van der Waals surface area (Å²) >= 11 is 0. The number of alkyl carbamates (subject to hydrolysis) is 1. The van der Waals surface area contributed by atoms with E-state index in [-0.39, 0.29) is 18.8 Å². The highest BCUT2D eigenvalue weighted by molar-refractivity contribution is 6.01. The summed E-state index contributed by atoms with van der Waals surface area (Å²) in [6, 6.07) is -1.02. The molecule has 2 atom stereocenters. The quantitative estimate of drug-likeness (QED) is 0.768. The second kappa shape index (κ2) is 7.43. The first kappa shape index (κ1) is 18.9. The maximum Gasteiger partial charge on any atom is 0.408 e. The van der Waals surface area contributed by atoms with E-state index >= 15 is 0 Å². The van der Waals surface area contributed by atoms with Crippen LogP contribution in [0.15, 0.2) is 0 Å². The number of rotatable bonds is 5. The van der Waals surface area contributed by atoms with Gasteiger partial charge in [0.05, 0.1) is 0 Å². The first-order chi connectivity index (χ1) is 10.5. The first-order valence-corrected chi connectivity index (χ1v) is 7.62. The monoisotopic (exact) mass is 328 g/mol. The Morgan fingerprint density at radius 1 is 1.22 bits per heavy atom. The number of hydrogen-bond donors (Lipinski definition) is 1. The van der Waals surface area contributed by atoms with Crippen molar-refractivity contribution in [3.8, 4) is 0 Å². The van der Waals surface area contributed by atoms with Gasteiger partial charge in [-0.25, -0.2) is 9.59 Å². The molecule has 3 amide bonds. The van der Waals surface area contributed by atoms with Crippen LogP contribution in [0.2, 0.25) is 0 Å². The SMILES string of the molecule is CC[C@@H](C)[C@@H](NC(=O)OC(C)(C)C)C(=O)ON1C(=O)CCC1=O. The number of carbonyl (C=O) groups excluding carboxylic acids is 4. The van der Waals surface area contributed by atoms with Gasteiger partial charge in [-0.3, -0.25) is 9.59 Å². The molecule has 0 aromatic rings. The van der Waals surface area contributed by atoms with Crippen molar-refractivity contribution in [1.82, 2.24) is 10.4 Å². The van der Waals surface area contributed by atoms with E-state index in [1.807, 2.05) is 6.92 Å². The molecule has 23 heavy (non-hydrogen) atoms. The lowest BCUT2D eigenvalue weighted by molar-refractivity contribution is -0.199. The summed E-state index contributed by atoms with van der Waals surface area (Å²) in [4.78, 5) is 52.0. The molecule has 1 rings (SSSR count). The molecule has 0 spiro atoms. The van der Waals surface area contributed by atoms with Crippen LogP contribution in [0.5, 0.6) is 0 Å². The van der Waals surface area contributed by atoms with Gasteiger partial charge in [0.1, 0.15) is 11.6 Å². The summed E-state index contributed by atoms with van der Waals surface area (Å²) in [5, 5.41) is 2.91. The van der Waals surface area contributed by atoms with E-state index < -0.39 is 35.5 Å². The summed E-state index contributed by atoms with van der Waals surface area (Å²) < 4.78 is 5.12. The number of carbonyl (C=O) groups is 4. The number of amides is 3. The minimum absolute atomic E-state index is 0.0135. The number of imide groups is 1. The zero-order chi connectivity index (χ0) is 17.8. The van der Waals surface area contributed by atoms with Gasteiger partial charge < -0.3 is 14.9 Å². The fourth-order valence-electron chi connectivity index (χ4n) is 1.91. The minimum atomic E-state index is -1.02. The zero-order valence-corrected chi connectivity index (χ0v) is 14.2. The lowest BCUT2D eigenvalue weighted by atomic mass is 9.99. The van der Waals surface area contributed by atoms with Crippen molar-refractivity contribution in [1.29, 1.82) is 0 Å². The van der Waals surface area contributed by atoms with Crippen LogP contribution in [0.1, 0.15) is 53.9 Å². The largest absolute Gasteiger partial charge is 0.444 e. The fourth-order valence-corrected chi connectivity index (χ4v) is 1.91. The molecule has 0 aromatic heterocycles.